The SMILES string of the molecule is CC1CCCC(C)N1C(=O)C(CN)CC(C)(C)C. The van der Waals surface area contributed by atoms with Crippen LogP contribution >= 0.6 is 0 Å². The Labute approximate surface area is 112 Å². The van der Waals surface area contributed by atoms with Crippen molar-refractivity contribution >= 4 is 5.91 Å². The molecule has 1 aliphatic heterocycles. The Morgan fingerprint density at radius 2 is 1.78 bits per heavy atom. The van der Waals surface area contributed by atoms with Gasteiger partial charge in [-0.15, -0.1) is 0 Å². The quantitative estimate of drug-likeness (QED) is 0.842. The number of carbonyl (C=O) groups excluding carboxylic acids is 1. The van der Waals surface area contributed by atoms with Gasteiger partial charge in [0.15, 0.2) is 0 Å². The minimum absolute atomic E-state index is 0.0204. The first-order valence-electron chi connectivity index (χ1n) is 7.28. The minimum Gasteiger partial charge on any atom is -0.337 e. The van der Waals surface area contributed by atoms with Gasteiger partial charge in [0.05, 0.1) is 5.92 Å². The van der Waals surface area contributed by atoms with Crippen LogP contribution in [-0.4, -0.2) is 29.4 Å². The highest BCUT2D eigenvalue weighted by Gasteiger charge is 2.34. The van der Waals surface area contributed by atoms with E-state index in [1.165, 1.54) is 6.42 Å². The molecular weight excluding hydrogens is 224 g/mol. The van der Waals surface area contributed by atoms with Crippen molar-refractivity contribution in [3.05, 3.63) is 0 Å². The van der Waals surface area contributed by atoms with E-state index >= 15 is 0 Å². The van der Waals surface area contributed by atoms with E-state index in [2.05, 4.69) is 39.5 Å². The summed E-state index contributed by atoms with van der Waals surface area (Å²) in [4.78, 5) is 14.8. The van der Waals surface area contributed by atoms with Crippen LogP contribution in [0, 0.1) is 11.3 Å². The van der Waals surface area contributed by atoms with E-state index in [-0.39, 0.29) is 17.2 Å². The molecule has 1 heterocycles. The van der Waals surface area contributed by atoms with Gasteiger partial charge in [0, 0.05) is 18.6 Å². The normalized spacial score (nSPS) is 27.1. The zero-order valence-electron chi connectivity index (χ0n) is 12.7. The predicted molar refractivity (Wildman–Crippen MR) is 76.2 cm³/mol. The van der Waals surface area contributed by atoms with Crippen LogP contribution in [0.3, 0.4) is 0 Å². The summed E-state index contributed by atoms with van der Waals surface area (Å²) < 4.78 is 0. The summed E-state index contributed by atoms with van der Waals surface area (Å²) in [7, 11) is 0. The number of rotatable bonds is 3. The third kappa shape index (κ3) is 3.98. The largest absolute Gasteiger partial charge is 0.337 e. The summed E-state index contributed by atoms with van der Waals surface area (Å²) in [6, 6.07) is 0.741. The van der Waals surface area contributed by atoms with Crippen molar-refractivity contribution < 1.29 is 4.79 Å². The molecule has 3 nitrogen and oxygen atoms in total. The fourth-order valence-electron chi connectivity index (χ4n) is 3.08. The molecule has 0 spiro atoms. The second kappa shape index (κ2) is 6.05. The number of amides is 1. The second-order valence-electron chi connectivity index (χ2n) is 7.07. The van der Waals surface area contributed by atoms with Gasteiger partial charge in [0.1, 0.15) is 0 Å². The van der Waals surface area contributed by atoms with Gasteiger partial charge in [-0.25, -0.2) is 0 Å². The number of hydrogen-bond donors (Lipinski definition) is 1. The van der Waals surface area contributed by atoms with E-state index in [0.717, 1.165) is 19.3 Å². The van der Waals surface area contributed by atoms with Crippen LogP contribution < -0.4 is 5.73 Å². The van der Waals surface area contributed by atoms with E-state index in [4.69, 9.17) is 5.73 Å². The molecule has 3 heteroatoms. The lowest BCUT2D eigenvalue weighted by Crippen LogP contribution is -2.51. The smallest absolute Gasteiger partial charge is 0.227 e. The van der Waals surface area contributed by atoms with Crippen molar-refractivity contribution in [2.24, 2.45) is 17.1 Å². The van der Waals surface area contributed by atoms with Crippen molar-refractivity contribution in [3.63, 3.8) is 0 Å². The summed E-state index contributed by atoms with van der Waals surface area (Å²) in [6.07, 6.45) is 4.36. The highest BCUT2D eigenvalue weighted by Crippen LogP contribution is 2.29. The van der Waals surface area contributed by atoms with Crippen LogP contribution in [0.2, 0.25) is 0 Å². The van der Waals surface area contributed by atoms with Crippen molar-refractivity contribution in [2.45, 2.75) is 72.4 Å². The zero-order chi connectivity index (χ0) is 13.9. The molecule has 3 atom stereocenters. The van der Waals surface area contributed by atoms with Gasteiger partial charge in [-0.3, -0.25) is 4.79 Å². The van der Waals surface area contributed by atoms with Gasteiger partial charge in [-0.1, -0.05) is 20.8 Å². The summed E-state index contributed by atoms with van der Waals surface area (Å²) in [5, 5.41) is 0. The molecule has 0 bridgehead atoms. The highest BCUT2D eigenvalue weighted by atomic mass is 16.2. The maximum Gasteiger partial charge on any atom is 0.227 e. The highest BCUT2D eigenvalue weighted by molar-refractivity contribution is 5.79. The number of hydrogen-bond acceptors (Lipinski definition) is 2. The molecule has 1 saturated heterocycles. The summed E-state index contributed by atoms with van der Waals surface area (Å²) in [5.74, 6) is 0.250. The first-order chi connectivity index (χ1) is 8.26. The molecule has 1 fully saturated rings. The molecule has 0 aromatic rings. The molecule has 0 radical (unpaired) electrons. The monoisotopic (exact) mass is 254 g/mol. The van der Waals surface area contributed by atoms with E-state index in [1.54, 1.807) is 0 Å². The van der Waals surface area contributed by atoms with Crippen LogP contribution in [0.4, 0.5) is 0 Å². The number of nitrogens with zero attached hydrogens (tertiary/aromatic N) is 1. The van der Waals surface area contributed by atoms with Gasteiger partial charge < -0.3 is 10.6 Å². The number of carbonyl (C=O) groups is 1. The van der Waals surface area contributed by atoms with Gasteiger partial charge in [0.2, 0.25) is 5.91 Å². The van der Waals surface area contributed by atoms with Crippen molar-refractivity contribution in [3.8, 4) is 0 Å². The van der Waals surface area contributed by atoms with Crippen LogP contribution in [0.1, 0.15) is 60.3 Å². The molecular formula is C15H30N2O. The molecule has 106 valence electrons. The van der Waals surface area contributed by atoms with Crippen molar-refractivity contribution in [1.29, 1.82) is 0 Å². The summed E-state index contributed by atoms with van der Waals surface area (Å²) >= 11 is 0. The Bertz CT molecular complexity index is 273. The molecule has 1 amide bonds. The lowest BCUT2D eigenvalue weighted by molar-refractivity contribution is -0.142. The summed E-state index contributed by atoms with van der Waals surface area (Å²) in [5.41, 5.74) is 5.99. The lowest BCUT2D eigenvalue weighted by atomic mass is 9.83. The van der Waals surface area contributed by atoms with E-state index in [9.17, 15) is 4.79 Å². The molecule has 0 aromatic carbocycles. The predicted octanol–water partition coefficient (Wildman–Crippen LogP) is 2.79. The second-order valence-corrected chi connectivity index (χ2v) is 7.07. The Hall–Kier alpha value is -0.570. The maximum absolute atomic E-state index is 12.7. The van der Waals surface area contributed by atoms with E-state index in [0.29, 0.717) is 18.6 Å². The zero-order valence-corrected chi connectivity index (χ0v) is 12.7. The van der Waals surface area contributed by atoms with Crippen LogP contribution in [-0.2, 0) is 4.79 Å². The van der Waals surface area contributed by atoms with Gasteiger partial charge in [0.25, 0.3) is 0 Å². The standard InChI is InChI=1S/C15H30N2O/c1-11-7-6-8-12(2)17(11)14(18)13(10-16)9-15(3,4)5/h11-13H,6-10,16H2,1-5H3. The Morgan fingerprint density at radius 1 is 1.28 bits per heavy atom. The average molecular weight is 254 g/mol. The first-order valence-corrected chi connectivity index (χ1v) is 7.28. The maximum atomic E-state index is 12.7. The van der Waals surface area contributed by atoms with Gasteiger partial charge in [-0.05, 0) is 44.9 Å². The fourth-order valence-corrected chi connectivity index (χ4v) is 3.08. The number of nitrogens with two attached hydrogens (primary N) is 1. The molecule has 1 rings (SSSR count). The average Bonchev–Trinajstić information content (AvgIpc) is 2.24. The molecule has 1 aliphatic rings. The Kier molecular flexibility index (Phi) is 5.20. The third-order valence-corrected chi connectivity index (χ3v) is 3.94. The number of piperidine rings is 1. The fraction of sp³-hybridized carbons (Fsp3) is 0.933. The Morgan fingerprint density at radius 3 is 2.17 bits per heavy atom. The molecule has 3 unspecified atom stereocenters. The molecule has 0 saturated carbocycles. The lowest BCUT2D eigenvalue weighted by Gasteiger charge is -2.41. The summed E-state index contributed by atoms with van der Waals surface area (Å²) in [6.45, 7) is 11.3. The van der Waals surface area contributed by atoms with Crippen molar-refractivity contribution in [1.82, 2.24) is 4.90 Å². The van der Waals surface area contributed by atoms with Gasteiger partial charge in [-0.2, -0.15) is 0 Å². The van der Waals surface area contributed by atoms with Crippen molar-refractivity contribution in [2.75, 3.05) is 6.54 Å². The molecule has 18 heavy (non-hydrogen) atoms. The van der Waals surface area contributed by atoms with E-state index in [1.807, 2.05) is 0 Å². The molecule has 2 N–H and O–H groups in total. The minimum atomic E-state index is -0.0204. The van der Waals surface area contributed by atoms with Gasteiger partial charge >= 0.3 is 0 Å². The van der Waals surface area contributed by atoms with E-state index < -0.39 is 0 Å². The molecule has 0 aromatic heterocycles. The van der Waals surface area contributed by atoms with Crippen LogP contribution in [0.5, 0.6) is 0 Å². The molecule has 0 aliphatic carbocycles. The topological polar surface area (TPSA) is 46.3 Å². The first kappa shape index (κ1) is 15.5. The third-order valence-electron chi connectivity index (χ3n) is 3.94. The van der Waals surface area contributed by atoms with Crippen LogP contribution in [0.25, 0.3) is 0 Å². The Balaban J connectivity index is 2.76. The number of likely N-dealkylation sites (tertiary alicyclic amines) is 1. The van der Waals surface area contributed by atoms with Crippen LogP contribution in [0.15, 0.2) is 0 Å².